The van der Waals surface area contributed by atoms with Crippen LogP contribution >= 0.6 is 24.4 Å². The molecular weight excluding hydrogens is 184 g/mol. The highest BCUT2D eigenvalue weighted by molar-refractivity contribution is 8.15. The van der Waals surface area contributed by atoms with Gasteiger partial charge in [0.15, 0.2) is 0 Å². The third-order valence-electron chi connectivity index (χ3n) is 1.65. The summed E-state index contributed by atoms with van der Waals surface area (Å²) in [4.78, 5) is 1.27. The van der Waals surface area contributed by atoms with Crippen molar-refractivity contribution in [2.75, 3.05) is 0 Å². The third-order valence-corrected chi connectivity index (χ3v) is 3.01. The minimum atomic E-state index is 1.04. The Balaban J connectivity index is 2.49. The molecule has 1 aliphatic heterocycles. The Labute approximate surface area is 81.8 Å². The number of hydrogen-bond acceptors (Lipinski definition) is 2. The van der Waals surface area contributed by atoms with Crippen molar-refractivity contribution in [1.29, 1.82) is 0 Å². The lowest BCUT2D eigenvalue weighted by molar-refractivity contribution is 1.43. The summed E-state index contributed by atoms with van der Waals surface area (Å²) >= 11 is 6.02. The monoisotopic (exact) mass is 192 g/mol. The Morgan fingerprint density at radius 3 is 2.92 bits per heavy atom. The number of thioether (sulfide) groups is 1. The fraction of sp³-hybridized carbons (Fsp3) is 0. The van der Waals surface area contributed by atoms with E-state index in [-0.39, 0.29) is 0 Å². The van der Waals surface area contributed by atoms with Gasteiger partial charge in [-0.1, -0.05) is 42.1 Å². The van der Waals surface area contributed by atoms with E-state index in [2.05, 4.69) is 30.8 Å². The summed E-state index contributed by atoms with van der Waals surface area (Å²) in [5, 5.41) is 0. The Morgan fingerprint density at radius 2 is 2.00 bits per heavy atom. The third kappa shape index (κ3) is 1.59. The second-order valence-electron chi connectivity index (χ2n) is 2.50. The van der Waals surface area contributed by atoms with E-state index in [9.17, 15) is 0 Å². The molecular formula is C10H8S2. The summed E-state index contributed by atoms with van der Waals surface area (Å²) in [6.07, 6.45) is 6.14. The lowest BCUT2D eigenvalue weighted by Gasteiger charge is -2.01. The number of allylic oxidation sites excluding steroid dienone is 2. The van der Waals surface area contributed by atoms with Crippen molar-refractivity contribution in [2.45, 2.75) is 4.90 Å². The second kappa shape index (κ2) is 3.42. The van der Waals surface area contributed by atoms with Crippen LogP contribution in [-0.2, 0) is 0 Å². The number of fused-ring (bicyclic) bond motifs is 1. The van der Waals surface area contributed by atoms with Crippen LogP contribution < -0.4 is 0 Å². The highest BCUT2D eigenvalue weighted by Crippen LogP contribution is 2.34. The predicted octanol–water partition coefficient (Wildman–Crippen LogP) is 3.58. The van der Waals surface area contributed by atoms with Gasteiger partial charge in [0.25, 0.3) is 0 Å². The first kappa shape index (κ1) is 8.02. The fourth-order valence-electron chi connectivity index (χ4n) is 1.09. The van der Waals surface area contributed by atoms with Gasteiger partial charge in [-0.2, -0.15) is 0 Å². The van der Waals surface area contributed by atoms with E-state index in [1.807, 2.05) is 24.3 Å². The molecule has 0 aliphatic carbocycles. The van der Waals surface area contributed by atoms with E-state index in [1.165, 1.54) is 10.5 Å². The molecule has 1 aliphatic rings. The van der Waals surface area contributed by atoms with Crippen molar-refractivity contribution >= 4 is 30.5 Å². The fourth-order valence-corrected chi connectivity index (χ4v) is 2.25. The molecule has 1 aromatic rings. The van der Waals surface area contributed by atoms with E-state index >= 15 is 0 Å². The van der Waals surface area contributed by atoms with Crippen LogP contribution in [0.1, 0.15) is 5.56 Å². The summed E-state index contributed by atoms with van der Waals surface area (Å²) < 4.78 is 1.04. The van der Waals surface area contributed by atoms with Gasteiger partial charge in [0, 0.05) is 9.13 Å². The first-order valence-corrected chi connectivity index (χ1v) is 4.97. The van der Waals surface area contributed by atoms with Gasteiger partial charge < -0.3 is 0 Å². The molecule has 0 saturated carbocycles. The molecule has 0 unspecified atom stereocenters. The van der Waals surface area contributed by atoms with Crippen LogP contribution in [-0.4, -0.2) is 0 Å². The summed E-state index contributed by atoms with van der Waals surface area (Å²) in [6, 6.07) is 8.32. The molecule has 0 amide bonds. The normalized spacial score (nSPS) is 14.9. The largest absolute Gasteiger partial charge is 0.136 e. The Kier molecular flexibility index (Phi) is 2.28. The van der Waals surface area contributed by atoms with Gasteiger partial charge in [-0.15, -0.1) is 12.6 Å². The number of rotatable bonds is 0. The minimum absolute atomic E-state index is 1.04. The minimum Gasteiger partial charge on any atom is -0.136 e. The average molecular weight is 192 g/mol. The van der Waals surface area contributed by atoms with Crippen LogP contribution in [0, 0.1) is 0 Å². The quantitative estimate of drug-likeness (QED) is 0.613. The lowest BCUT2D eigenvalue weighted by Crippen LogP contribution is -1.75. The predicted molar refractivity (Wildman–Crippen MR) is 58.4 cm³/mol. The molecule has 1 heterocycles. The molecule has 0 bridgehead atoms. The Bertz CT molecular complexity index is 351. The standard InChI is InChI=1S/C10H8S2/c11-10-7-3-5-8-4-1-2-6-9(8)12-10/h1-7,11H. The van der Waals surface area contributed by atoms with Gasteiger partial charge in [0.1, 0.15) is 0 Å². The van der Waals surface area contributed by atoms with E-state index in [0.717, 1.165) is 4.24 Å². The van der Waals surface area contributed by atoms with Gasteiger partial charge >= 0.3 is 0 Å². The first-order valence-electron chi connectivity index (χ1n) is 3.70. The Morgan fingerprint density at radius 1 is 1.17 bits per heavy atom. The molecule has 2 heteroatoms. The highest BCUT2D eigenvalue weighted by Gasteiger charge is 2.02. The van der Waals surface area contributed by atoms with Crippen molar-refractivity contribution in [3.05, 3.63) is 46.2 Å². The zero-order chi connectivity index (χ0) is 8.39. The Hall–Kier alpha value is -0.600. The van der Waals surface area contributed by atoms with Crippen molar-refractivity contribution < 1.29 is 0 Å². The summed E-state index contributed by atoms with van der Waals surface area (Å²) in [5.74, 6) is 0. The molecule has 0 N–H and O–H groups in total. The molecule has 1 aromatic carbocycles. The summed E-state index contributed by atoms with van der Waals surface area (Å²) in [5.41, 5.74) is 1.27. The molecule has 0 aromatic heterocycles. The van der Waals surface area contributed by atoms with Gasteiger partial charge in [0.05, 0.1) is 0 Å². The average Bonchev–Trinajstić information content (AvgIpc) is 2.25. The number of hydrogen-bond donors (Lipinski definition) is 1. The molecule has 0 fully saturated rings. The highest BCUT2D eigenvalue weighted by atomic mass is 32.2. The van der Waals surface area contributed by atoms with Crippen molar-refractivity contribution in [2.24, 2.45) is 0 Å². The van der Waals surface area contributed by atoms with Crippen LogP contribution in [0.3, 0.4) is 0 Å². The zero-order valence-corrected chi connectivity index (χ0v) is 8.11. The molecule has 0 radical (unpaired) electrons. The van der Waals surface area contributed by atoms with Crippen LogP contribution in [0.5, 0.6) is 0 Å². The number of benzene rings is 1. The van der Waals surface area contributed by atoms with Crippen LogP contribution in [0.25, 0.3) is 6.08 Å². The molecule has 0 saturated heterocycles. The lowest BCUT2D eigenvalue weighted by atomic mass is 10.2. The maximum atomic E-state index is 4.33. The van der Waals surface area contributed by atoms with Gasteiger partial charge in [-0.05, 0) is 17.7 Å². The zero-order valence-electron chi connectivity index (χ0n) is 6.40. The van der Waals surface area contributed by atoms with Gasteiger partial charge in [-0.25, -0.2) is 0 Å². The van der Waals surface area contributed by atoms with Crippen LogP contribution in [0.2, 0.25) is 0 Å². The number of thiol groups is 1. The van der Waals surface area contributed by atoms with Crippen molar-refractivity contribution in [3.63, 3.8) is 0 Å². The maximum Gasteiger partial charge on any atom is 0.0419 e. The summed E-state index contributed by atoms with van der Waals surface area (Å²) in [6.45, 7) is 0. The summed E-state index contributed by atoms with van der Waals surface area (Å²) in [7, 11) is 0. The van der Waals surface area contributed by atoms with Gasteiger partial charge in [0.2, 0.25) is 0 Å². The molecule has 0 atom stereocenters. The topological polar surface area (TPSA) is 0 Å². The van der Waals surface area contributed by atoms with Crippen molar-refractivity contribution in [1.82, 2.24) is 0 Å². The van der Waals surface area contributed by atoms with E-state index in [0.29, 0.717) is 0 Å². The van der Waals surface area contributed by atoms with Crippen molar-refractivity contribution in [3.8, 4) is 0 Å². The van der Waals surface area contributed by atoms with Crippen LogP contribution in [0.15, 0.2) is 45.6 Å². The van der Waals surface area contributed by atoms with Crippen LogP contribution in [0.4, 0.5) is 0 Å². The van der Waals surface area contributed by atoms with E-state index in [4.69, 9.17) is 0 Å². The molecule has 2 rings (SSSR count). The van der Waals surface area contributed by atoms with E-state index in [1.54, 1.807) is 11.8 Å². The van der Waals surface area contributed by atoms with E-state index < -0.39 is 0 Å². The SMILES string of the molecule is SC1=CC=Cc2ccccc2S1. The molecule has 60 valence electrons. The molecule has 0 spiro atoms. The second-order valence-corrected chi connectivity index (χ2v) is 4.37. The maximum absolute atomic E-state index is 4.33. The van der Waals surface area contributed by atoms with Gasteiger partial charge in [-0.3, -0.25) is 0 Å². The molecule has 12 heavy (non-hydrogen) atoms. The molecule has 0 nitrogen and oxygen atoms in total. The first-order chi connectivity index (χ1) is 5.86. The smallest absolute Gasteiger partial charge is 0.0419 e.